The van der Waals surface area contributed by atoms with Gasteiger partial charge in [0.05, 0.1) is 0 Å². The van der Waals surface area contributed by atoms with Gasteiger partial charge in [0.1, 0.15) is 5.75 Å². The van der Waals surface area contributed by atoms with Crippen LogP contribution in [0.15, 0.2) is 42.7 Å². The lowest BCUT2D eigenvalue weighted by molar-refractivity contribution is 0.104. The third-order valence-corrected chi connectivity index (χ3v) is 3.60. The molecular weight excluding hydrogens is 278 g/mol. The van der Waals surface area contributed by atoms with Crippen molar-refractivity contribution < 1.29 is 9.90 Å². The van der Waals surface area contributed by atoms with Crippen LogP contribution >= 0.6 is 0 Å². The maximum absolute atomic E-state index is 12.0. The molecule has 0 spiro atoms. The Balaban J connectivity index is 1.68. The van der Waals surface area contributed by atoms with Crippen molar-refractivity contribution in [3.63, 3.8) is 0 Å². The maximum Gasteiger partial charge on any atom is 0.225 e. The van der Waals surface area contributed by atoms with E-state index in [9.17, 15) is 9.90 Å². The number of anilines is 1. The number of allylic oxidation sites excluding steroid dienone is 1. The number of benzene rings is 1. The van der Waals surface area contributed by atoms with Gasteiger partial charge in [-0.3, -0.25) is 4.79 Å². The van der Waals surface area contributed by atoms with E-state index in [1.54, 1.807) is 30.6 Å². The summed E-state index contributed by atoms with van der Waals surface area (Å²) in [6.45, 7) is 2.01. The van der Waals surface area contributed by atoms with Gasteiger partial charge >= 0.3 is 0 Å². The van der Waals surface area contributed by atoms with E-state index in [1.165, 1.54) is 31.1 Å². The number of phenols is 1. The summed E-state index contributed by atoms with van der Waals surface area (Å²) in [5, 5.41) is 9.38. The summed E-state index contributed by atoms with van der Waals surface area (Å²) in [5.74, 6) is 0.658. The molecule has 0 bridgehead atoms. The van der Waals surface area contributed by atoms with Crippen LogP contribution < -0.4 is 4.90 Å². The Morgan fingerprint density at radius 1 is 1.18 bits per heavy atom. The van der Waals surface area contributed by atoms with Crippen LogP contribution in [0.1, 0.15) is 28.8 Å². The number of ketones is 1. The van der Waals surface area contributed by atoms with E-state index in [0.29, 0.717) is 5.56 Å². The van der Waals surface area contributed by atoms with Crippen LogP contribution in [0, 0.1) is 0 Å². The molecule has 2 aromatic rings. The first kappa shape index (κ1) is 14.3. The van der Waals surface area contributed by atoms with Crippen molar-refractivity contribution in [1.82, 2.24) is 9.97 Å². The number of aromatic nitrogens is 2. The highest BCUT2D eigenvalue weighted by molar-refractivity contribution is 6.06. The van der Waals surface area contributed by atoms with E-state index in [-0.39, 0.29) is 11.5 Å². The third kappa shape index (κ3) is 3.31. The molecule has 22 heavy (non-hydrogen) atoms. The summed E-state index contributed by atoms with van der Waals surface area (Å²) in [4.78, 5) is 22.8. The quantitative estimate of drug-likeness (QED) is 0.694. The fourth-order valence-electron chi connectivity index (χ4n) is 2.43. The Kier molecular flexibility index (Phi) is 4.14. The number of carbonyl (C=O) groups excluding carboxylic acids is 1. The van der Waals surface area contributed by atoms with Gasteiger partial charge in [0.25, 0.3) is 0 Å². The molecule has 1 aromatic carbocycles. The lowest BCUT2D eigenvalue weighted by Crippen LogP contribution is -2.20. The molecule has 1 aromatic heterocycles. The monoisotopic (exact) mass is 295 g/mol. The molecule has 0 unspecified atom stereocenters. The molecule has 5 nitrogen and oxygen atoms in total. The minimum atomic E-state index is -0.167. The zero-order valence-electron chi connectivity index (χ0n) is 12.1. The molecule has 1 N–H and O–H groups in total. The van der Waals surface area contributed by atoms with Gasteiger partial charge in [-0.05, 0) is 37.1 Å². The molecule has 1 saturated heterocycles. The maximum atomic E-state index is 12.0. The fourth-order valence-corrected chi connectivity index (χ4v) is 2.43. The molecule has 112 valence electrons. The fraction of sp³-hybridized carbons (Fsp3) is 0.235. The van der Waals surface area contributed by atoms with Gasteiger partial charge in [-0.2, -0.15) is 0 Å². The van der Waals surface area contributed by atoms with Crippen LogP contribution in [-0.2, 0) is 0 Å². The Hall–Kier alpha value is -2.69. The zero-order valence-corrected chi connectivity index (χ0v) is 12.1. The van der Waals surface area contributed by atoms with Gasteiger partial charge in [0.15, 0.2) is 5.78 Å². The van der Waals surface area contributed by atoms with Crippen LogP contribution in [0.2, 0.25) is 0 Å². The summed E-state index contributed by atoms with van der Waals surface area (Å²) in [7, 11) is 0. The van der Waals surface area contributed by atoms with Crippen LogP contribution in [0.5, 0.6) is 5.75 Å². The highest BCUT2D eigenvalue weighted by Gasteiger charge is 2.14. The molecule has 0 atom stereocenters. The predicted molar refractivity (Wildman–Crippen MR) is 85.0 cm³/mol. The Morgan fingerprint density at radius 2 is 1.91 bits per heavy atom. The number of hydrogen-bond acceptors (Lipinski definition) is 5. The first-order chi connectivity index (χ1) is 10.7. The van der Waals surface area contributed by atoms with Crippen LogP contribution in [0.25, 0.3) is 6.08 Å². The third-order valence-electron chi connectivity index (χ3n) is 3.60. The van der Waals surface area contributed by atoms with Crippen molar-refractivity contribution in [1.29, 1.82) is 0 Å². The second-order valence-corrected chi connectivity index (χ2v) is 5.26. The standard InChI is InChI=1S/C17H17N3O2/c21-15-5-3-4-14(10-15)16(22)7-6-13-11-18-17(19-12-13)20-8-1-2-9-20/h3-7,10-12,21H,1-2,8-9H2/b7-6-. The smallest absolute Gasteiger partial charge is 0.225 e. The topological polar surface area (TPSA) is 66.3 Å². The summed E-state index contributed by atoms with van der Waals surface area (Å²) < 4.78 is 0. The molecule has 0 aliphatic carbocycles. The normalized spacial score (nSPS) is 14.6. The van der Waals surface area contributed by atoms with Crippen molar-refractivity contribution in [2.24, 2.45) is 0 Å². The van der Waals surface area contributed by atoms with Crippen LogP contribution in [-0.4, -0.2) is 33.9 Å². The van der Waals surface area contributed by atoms with E-state index < -0.39 is 0 Å². The van der Waals surface area contributed by atoms with Crippen molar-refractivity contribution in [3.8, 4) is 5.75 Å². The van der Waals surface area contributed by atoms with Crippen LogP contribution in [0.4, 0.5) is 5.95 Å². The van der Waals surface area contributed by atoms with E-state index in [4.69, 9.17) is 0 Å². The van der Waals surface area contributed by atoms with Crippen molar-refractivity contribution >= 4 is 17.8 Å². The molecule has 0 amide bonds. The van der Waals surface area contributed by atoms with Gasteiger partial charge in [0, 0.05) is 36.6 Å². The zero-order chi connectivity index (χ0) is 15.4. The lowest BCUT2D eigenvalue weighted by Gasteiger charge is -2.14. The molecule has 5 heteroatoms. The summed E-state index contributed by atoms with van der Waals surface area (Å²) in [5.41, 5.74) is 1.22. The van der Waals surface area contributed by atoms with Gasteiger partial charge in [0.2, 0.25) is 5.95 Å². The summed E-state index contributed by atoms with van der Waals surface area (Å²) in [6.07, 6.45) is 8.94. The van der Waals surface area contributed by atoms with Crippen molar-refractivity contribution in [2.45, 2.75) is 12.8 Å². The van der Waals surface area contributed by atoms with Crippen molar-refractivity contribution in [3.05, 3.63) is 53.9 Å². The molecule has 1 fully saturated rings. The number of carbonyl (C=O) groups is 1. The van der Waals surface area contributed by atoms with Gasteiger partial charge in [-0.1, -0.05) is 12.1 Å². The van der Waals surface area contributed by atoms with Gasteiger partial charge < -0.3 is 10.0 Å². The van der Waals surface area contributed by atoms with Gasteiger partial charge in [-0.25, -0.2) is 9.97 Å². The summed E-state index contributed by atoms with van der Waals surface area (Å²) >= 11 is 0. The first-order valence-electron chi connectivity index (χ1n) is 7.31. The first-order valence-corrected chi connectivity index (χ1v) is 7.31. The second-order valence-electron chi connectivity index (χ2n) is 5.26. The highest BCUT2D eigenvalue weighted by atomic mass is 16.3. The van der Waals surface area contributed by atoms with Crippen LogP contribution in [0.3, 0.4) is 0 Å². The van der Waals surface area contributed by atoms with E-state index in [0.717, 1.165) is 24.6 Å². The number of aromatic hydroxyl groups is 1. The number of hydrogen-bond donors (Lipinski definition) is 1. The Bertz CT molecular complexity index is 689. The molecule has 0 saturated carbocycles. The number of rotatable bonds is 4. The highest BCUT2D eigenvalue weighted by Crippen LogP contribution is 2.16. The molecule has 3 rings (SSSR count). The predicted octanol–water partition coefficient (Wildman–Crippen LogP) is 2.68. The van der Waals surface area contributed by atoms with Crippen molar-refractivity contribution in [2.75, 3.05) is 18.0 Å². The van der Waals surface area contributed by atoms with Gasteiger partial charge in [-0.15, -0.1) is 0 Å². The number of nitrogens with zero attached hydrogens (tertiary/aromatic N) is 3. The largest absolute Gasteiger partial charge is 0.508 e. The second kappa shape index (κ2) is 6.39. The number of phenolic OH excluding ortho intramolecular Hbond substituents is 1. The van der Waals surface area contributed by atoms with E-state index in [1.807, 2.05) is 0 Å². The minimum absolute atomic E-state index is 0.0811. The minimum Gasteiger partial charge on any atom is -0.508 e. The Morgan fingerprint density at radius 3 is 2.59 bits per heavy atom. The SMILES string of the molecule is O=C(/C=C\c1cnc(N2CCCC2)nc1)c1cccc(O)c1. The molecule has 2 heterocycles. The summed E-state index contributed by atoms with van der Waals surface area (Å²) in [6, 6.07) is 6.29. The molecule has 0 radical (unpaired) electrons. The van der Waals surface area contributed by atoms with E-state index in [2.05, 4.69) is 14.9 Å². The average molecular weight is 295 g/mol. The lowest BCUT2D eigenvalue weighted by atomic mass is 10.1. The molecular formula is C17H17N3O2. The van der Waals surface area contributed by atoms with E-state index >= 15 is 0 Å². The Labute approximate surface area is 129 Å². The molecule has 1 aliphatic heterocycles. The average Bonchev–Trinajstić information content (AvgIpc) is 3.07. The molecule has 1 aliphatic rings.